The highest BCUT2D eigenvalue weighted by atomic mass is 32.2. The van der Waals surface area contributed by atoms with Crippen molar-refractivity contribution in [3.05, 3.63) is 0 Å². The Kier molecular flexibility index (Phi) is 3.53. The van der Waals surface area contributed by atoms with Gasteiger partial charge in [-0.05, 0) is 0 Å². The van der Waals surface area contributed by atoms with Crippen LogP contribution in [0.5, 0.6) is 0 Å². The summed E-state index contributed by atoms with van der Waals surface area (Å²) in [6.45, 7) is 0. The molecule has 0 aromatic rings. The summed E-state index contributed by atoms with van der Waals surface area (Å²) in [7, 11) is 1.31. The maximum Gasteiger partial charge on any atom is 0.520 e. The molecule has 0 aliphatic carbocycles. The average Bonchev–Trinajstić information content (AvgIpc) is 1.61. The number of rotatable bonds is 2. The number of carbonyl (C=O) groups is 1. The Bertz CT molecular complexity index is 62.7. The van der Waals surface area contributed by atoms with Crippen molar-refractivity contribution in [3.63, 3.8) is 0 Å². The molecule has 42 valence electrons. The molecule has 0 bridgehead atoms. The van der Waals surface area contributed by atoms with Crippen molar-refractivity contribution in [2.75, 3.05) is 7.11 Å². The summed E-state index contributed by atoms with van der Waals surface area (Å²) in [6.07, 6.45) is -1.35. The van der Waals surface area contributed by atoms with Crippen molar-refractivity contribution in [2.24, 2.45) is 0 Å². The van der Waals surface area contributed by atoms with Crippen LogP contribution in [0.25, 0.3) is 0 Å². The van der Waals surface area contributed by atoms with Gasteiger partial charge in [-0.2, -0.15) is 0 Å². The molecule has 0 heterocycles. The maximum absolute atomic E-state index is 9.44. The third kappa shape index (κ3) is 5.58. The molecule has 0 fully saturated rings. The molecule has 0 amide bonds. The summed E-state index contributed by atoms with van der Waals surface area (Å²) in [5, 5.41) is 7.72. The largest absolute Gasteiger partial charge is 0.520 e. The first-order valence-corrected chi connectivity index (χ1v) is 2.04. The maximum atomic E-state index is 9.44. The zero-order valence-electron chi connectivity index (χ0n) is 3.58. The van der Waals surface area contributed by atoms with E-state index >= 15 is 0 Å². The highest BCUT2D eigenvalue weighted by molar-refractivity contribution is 7.90. The lowest BCUT2D eigenvalue weighted by atomic mass is 11.5. The van der Waals surface area contributed by atoms with E-state index in [0.717, 1.165) is 0 Å². The summed E-state index contributed by atoms with van der Waals surface area (Å²) in [4.78, 5) is 9.44. The molecule has 0 saturated heterocycles. The molecule has 4 nitrogen and oxygen atoms in total. The van der Waals surface area contributed by atoms with E-state index in [0.29, 0.717) is 12.3 Å². The monoisotopic (exact) mass is 124 g/mol. The van der Waals surface area contributed by atoms with Gasteiger partial charge in [0, 0.05) is 0 Å². The first kappa shape index (κ1) is 6.58. The van der Waals surface area contributed by atoms with Crippen LogP contribution in [0.2, 0.25) is 0 Å². The van der Waals surface area contributed by atoms with E-state index in [1.807, 2.05) is 0 Å². The van der Waals surface area contributed by atoms with Crippen LogP contribution in [-0.4, -0.2) is 18.4 Å². The van der Waals surface area contributed by atoms with Crippen molar-refractivity contribution in [2.45, 2.75) is 0 Å². The normalized spacial score (nSPS) is 8.14. The molecule has 0 aromatic carbocycles. The molecule has 0 radical (unpaired) electrons. The fourth-order valence-corrected chi connectivity index (χ4v) is 0.189. The number of hydrogen-bond donors (Lipinski definition) is 1. The molecule has 0 spiro atoms. The van der Waals surface area contributed by atoms with Gasteiger partial charge in [-0.25, -0.2) is 4.79 Å². The first-order chi connectivity index (χ1) is 3.27. The summed E-state index contributed by atoms with van der Waals surface area (Å²) >= 11 is 0.417. The molecule has 0 unspecified atom stereocenters. The Labute approximate surface area is 44.8 Å². The van der Waals surface area contributed by atoms with Crippen LogP contribution in [0.4, 0.5) is 4.79 Å². The van der Waals surface area contributed by atoms with E-state index in [2.05, 4.69) is 8.37 Å². The van der Waals surface area contributed by atoms with Gasteiger partial charge in [0.05, 0.1) is 7.11 Å². The molecule has 0 atom stereocenters. The minimum Gasteiger partial charge on any atom is -0.449 e. The molecule has 0 aliphatic heterocycles. The van der Waals surface area contributed by atoms with E-state index < -0.39 is 6.16 Å². The van der Waals surface area contributed by atoms with Gasteiger partial charge in [-0.1, -0.05) is 0 Å². The van der Waals surface area contributed by atoms with E-state index in [9.17, 15) is 4.79 Å². The van der Waals surface area contributed by atoms with Gasteiger partial charge in [0.1, 0.15) is 0 Å². The third-order valence-corrected chi connectivity index (χ3v) is 0.520. The van der Waals surface area contributed by atoms with Gasteiger partial charge >= 0.3 is 6.16 Å². The minimum atomic E-state index is -1.35. The zero-order chi connectivity index (χ0) is 5.70. The Hall–Kier alpha value is -0.420. The van der Waals surface area contributed by atoms with Crippen LogP contribution in [-0.2, 0) is 8.37 Å². The molecular weight excluding hydrogens is 120 g/mol. The summed E-state index contributed by atoms with van der Waals surface area (Å²) in [6, 6.07) is 0. The zero-order valence-corrected chi connectivity index (χ0v) is 4.40. The standard InChI is InChI=1S/C2H4O4S/c1-5-7-6-2(3)4/h1H3,(H,3,4). The topological polar surface area (TPSA) is 55.8 Å². The van der Waals surface area contributed by atoms with Crippen LogP contribution in [0.3, 0.4) is 0 Å². The molecular formula is C2H4O4S. The lowest BCUT2D eigenvalue weighted by molar-refractivity contribution is 0.149. The van der Waals surface area contributed by atoms with Crippen molar-refractivity contribution in [1.29, 1.82) is 0 Å². The minimum absolute atomic E-state index is 0.417. The Morgan fingerprint density at radius 1 is 1.86 bits per heavy atom. The highest BCUT2D eigenvalue weighted by Gasteiger charge is 1.93. The van der Waals surface area contributed by atoms with Crippen molar-refractivity contribution in [3.8, 4) is 0 Å². The predicted molar refractivity (Wildman–Crippen MR) is 23.7 cm³/mol. The van der Waals surface area contributed by atoms with Crippen molar-refractivity contribution < 1.29 is 18.3 Å². The Balaban J connectivity index is 2.82. The van der Waals surface area contributed by atoms with Crippen LogP contribution < -0.4 is 0 Å². The highest BCUT2D eigenvalue weighted by Crippen LogP contribution is 1.99. The number of hydrogen-bond acceptors (Lipinski definition) is 4. The van der Waals surface area contributed by atoms with E-state index in [1.165, 1.54) is 7.11 Å². The van der Waals surface area contributed by atoms with Gasteiger partial charge in [0.2, 0.25) is 12.3 Å². The van der Waals surface area contributed by atoms with Gasteiger partial charge < -0.3 is 9.29 Å². The van der Waals surface area contributed by atoms with Gasteiger partial charge in [-0.3, -0.25) is 4.18 Å². The molecule has 7 heavy (non-hydrogen) atoms. The Morgan fingerprint density at radius 2 is 2.43 bits per heavy atom. The molecule has 0 aliphatic rings. The van der Waals surface area contributed by atoms with E-state index in [1.54, 1.807) is 0 Å². The van der Waals surface area contributed by atoms with Crippen LogP contribution in [0.15, 0.2) is 0 Å². The van der Waals surface area contributed by atoms with E-state index in [4.69, 9.17) is 5.11 Å². The molecule has 0 rings (SSSR count). The summed E-state index contributed by atoms with van der Waals surface area (Å²) in [5.41, 5.74) is 0. The quantitative estimate of drug-likeness (QED) is 0.554. The van der Waals surface area contributed by atoms with Crippen molar-refractivity contribution >= 4 is 18.5 Å². The number of carboxylic acid groups (broad SMARTS) is 1. The molecule has 0 saturated carbocycles. The van der Waals surface area contributed by atoms with Gasteiger partial charge in [0.15, 0.2) is 0 Å². The first-order valence-electron chi connectivity index (χ1n) is 1.37. The lowest BCUT2D eigenvalue weighted by Crippen LogP contribution is -1.90. The second-order valence-electron chi connectivity index (χ2n) is 0.584. The van der Waals surface area contributed by atoms with Gasteiger partial charge in [0.25, 0.3) is 0 Å². The summed E-state index contributed by atoms with van der Waals surface area (Å²) < 4.78 is 7.97. The molecule has 1 N–H and O–H groups in total. The SMILES string of the molecule is COSOC(=O)O. The Morgan fingerprint density at radius 3 is 2.57 bits per heavy atom. The summed E-state index contributed by atoms with van der Waals surface area (Å²) in [5.74, 6) is 0. The lowest BCUT2D eigenvalue weighted by Gasteiger charge is -1.88. The fourth-order valence-electron chi connectivity index (χ4n) is 0.0631. The molecule has 0 aromatic heterocycles. The smallest absolute Gasteiger partial charge is 0.449 e. The van der Waals surface area contributed by atoms with Crippen LogP contribution in [0, 0.1) is 0 Å². The van der Waals surface area contributed by atoms with Crippen LogP contribution >= 0.6 is 12.3 Å². The van der Waals surface area contributed by atoms with Gasteiger partial charge in [-0.15, -0.1) is 0 Å². The molecule has 5 heteroatoms. The second kappa shape index (κ2) is 3.76. The van der Waals surface area contributed by atoms with Crippen LogP contribution in [0.1, 0.15) is 0 Å². The second-order valence-corrected chi connectivity index (χ2v) is 1.22. The third-order valence-electron chi connectivity index (χ3n) is 0.173. The van der Waals surface area contributed by atoms with E-state index in [-0.39, 0.29) is 0 Å². The fraction of sp³-hybridized carbons (Fsp3) is 0.500. The average molecular weight is 124 g/mol. The van der Waals surface area contributed by atoms with Crippen molar-refractivity contribution in [1.82, 2.24) is 0 Å². The predicted octanol–water partition coefficient (Wildman–Crippen LogP) is 0.891.